The molecule has 4 heteroatoms. The summed E-state index contributed by atoms with van der Waals surface area (Å²) >= 11 is 0. The van der Waals surface area contributed by atoms with Crippen molar-refractivity contribution in [1.29, 1.82) is 0 Å². The number of fused-ring (bicyclic) bond motifs is 3. The Morgan fingerprint density at radius 3 is 2.24 bits per heavy atom. The van der Waals surface area contributed by atoms with Gasteiger partial charge in [-0.15, -0.1) is 0 Å². The Balaban J connectivity index is 1.85. The van der Waals surface area contributed by atoms with Crippen LogP contribution in [0.5, 0.6) is 0 Å². The van der Waals surface area contributed by atoms with Crippen LogP contribution in [0.15, 0.2) is 60.7 Å². The van der Waals surface area contributed by atoms with Gasteiger partial charge in [-0.25, -0.2) is 0 Å². The predicted molar refractivity (Wildman–Crippen MR) is 101 cm³/mol. The third-order valence-electron chi connectivity index (χ3n) is 5.14. The van der Waals surface area contributed by atoms with Crippen molar-refractivity contribution in [2.45, 2.75) is 19.3 Å². The first kappa shape index (κ1) is 15.6. The summed E-state index contributed by atoms with van der Waals surface area (Å²) in [5, 5.41) is 11.0. The van der Waals surface area contributed by atoms with Crippen LogP contribution in [0.25, 0.3) is 22.3 Å². The van der Waals surface area contributed by atoms with Gasteiger partial charge in [-0.05, 0) is 51.0 Å². The van der Waals surface area contributed by atoms with Gasteiger partial charge in [0.1, 0.15) is 7.85 Å². The fraction of sp³-hybridized carbons (Fsp3) is 0.143. The summed E-state index contributed by atoms with van der Waals surface area (Å²) in [5.74, 6) is 0. The molecule has 0 amide bonds. The van der Waals surface area contributed by atoms with Gasteiger partial charge in [0.2, 0.25) is 0 Å². The van der Waals surface area contributed by atoms with Crippen LogP contribution in [0.2, 0.25) is 0 Å². The molecule has 120 valence electrons. The van der Waals surface area contributed by atoms with Gasteiger partial charge >= 0.3 is 0 Å². The van der Waals surface area contributed by atoms with Crippen LogP contribution in [-0.4, -0.2) is 12.8 Å². The summed E-state index contributed by atoms with van der Waals surface area (Å²) in [7, 11) is 5.85. The molecule has 3 nitrogen and oxygen atoms in total. The normalized spacial score (nSPS) is 14.0. The molecule has 0 aliphatic heterocycles. The smallest absolute Gasteiger partial charge is 0.258 e. The average molecular weight is 325 g/mol. The van der Waals surface area contributed by atoms with Crippen LogP contribution in [0, 0.1) is 10.1 Å². The van der Waals surface area contributed by atoms with E-state index in [2.05, 4.69) is 56.3 Å². The van der Waals surface area contributed by atoms with Crippen molar-refractivity contribution in [2.75, 3.05) is 0 Å². The van der Waals surface area contributed by atoms with Gasteiger partial charge in [-0.3, -0.25) is 10.1 Å². The second kappa shape index (κ2) is 5.31. The highest BCUT2D eigenvalue weighted by Gasteiger charge is 2.35. The number of nitro groups is 1. The minimum atomic E-state index is -0.457. The summed E-state index contributed by atoms with van der Waals surface area (Å²) in [5.41, 5.74) is 7.07. The van der Waals surface area contributed by atoms with Gasteiger partial charge < -0.3 is 0 Å². The maximum absolute atomic E-state index is 11.0. The van der Waals surface area contributed by atoms with Crippen LogP contribution >= 0.6 is 0 Å². The molecule has 25 heavy (non-hydrogen) atoms. The Morgan fingerprint density at radius 2 is 1.52 bits per heavy atom. The largest absolute Gasteiger partial charge is 0.262 e. The van der Waals surface area contributed by atoms with Crippen LogP contribution in [0.4, 0.5) is 5.69 Å². The Labute approximate surface area is 147 Å². The van der Waals surface area contributed by atoms with Gasteiger partial charge in [-0.2, -0.15) is 0 Å². The zero-order valence-electron chi connectivity index (χ0n) is 14.1. The van der Waals surface area contributed by atoms with Gasteiger partial charge in [-0.1, -0.05) is 56.3 Å². The molecule has 0 atom stereocenters. The number of hydrogen-bond acceptors (Lipinski definition) is 2. The second-order valence-electron chi connectivity index (χ2n) is 6.96. The van der Waals surface area contributed by atoms with Crippen LogP contribution in [0.3, 0.4) is 0 Å². The number of rotatable bonds is 2. The first-order chi connectivity index (χ1) is 11.9. The maximum atomic E-state index is 11.0. The van der Waals surface area contributed by atoms with E-state index in [9.17, 15) is 10.1 Å². The molecule has 0 bridgehead atoms. The van der Waals surface area contributed by atoms with E-state index in [1.54, 1.807) is 12.1 Å². The van der Waals surface area contributed by atoms with Gasteiger partial charge in [0.25, 0.3) is 5.69 Å². The monoisotopic (exact) mass is 325 g/mol. The third kappa shape index (κ3) is 2.29. The van der Waals surface area contributed by atoms with Crippen molar-refractivity contribution >= 4 is 19.0 Å². The molecule has 0 saturated heterocycles. The number of nitro benzene ring substituents is 1. The minimum Gasteiger partial charge on any atom is -0.258 e. The van der Waals surface area contributed by atoms with Gasteiger partial charge in [0.05, 0.1) is 4.92 Å². The average Bonchev–Trinajstić information content (AvgIpc) is 2.82. The molecule has 0 fully saturated rings. The molecule has 0 N–H and O–H groups in total. The number of nitrogens with zero attached hydrogens (tertiary/aromatic N) is 1. The lowest BCUT2D eigenvalue weighted by Gasteiger charge is -2.22. The van der Waals surface area contributed by atoms with E-state index in [0.29, 0.717) is 0 Å². The summed E-state index contributed by atoms with van der Waals surface area (Å²) in [6.45, 7) is 4.46. The molecule has 0 spiro atoms. The van der Waals surface area contributed by atoms with Crippen molar-refractivity contribution in [2.24, 2.45) is 0 Å². The Morgan fingerprint density at radius 1 is 0.880 bits per heavy atom. The molecule has 0 heterocycles. The summed E-state index contributed by atoms with van der Waals surface area (Å²) in [6, 6.07) is 19.7. The lowest BCUT2D eigenvalue weighted by Crippen LogP contribution is -2.15. The molecule has 3 aromatic carbocycles. The molecule has 0 unspecified atom stereocenters. The quantitative estimate of drug-likeness (QED) is 0.399. The van der Waals surface area contributed by atoms with E-state index in [-0.39, 0.29) is 16.6 Å². The van der Waals surface area contributed by atoms with Crippen molar-refractivity contribution in [3.63, 3.8) is 0 Å². The Hall–Kier alpha value is -2.88. The summed E-state index contributed by atoms with van der Waals surface area (Å²) < 4.78 is 0. The van der Waals surface area contributed by atoms with Crippen molar-refractivity contribution in [3.05, 3.63) is 81.9 Å². The topological polar surface area (TPSA) is 43.1 Å². The van der Waals surface area contributed by atoms with Crippen molar-refractivity contribution in [1.82, 2.24) is 0 Å². The van der Waals surface area contributed by atoms with Gasteiger partial charge in [0.15, 0.2) is 0 Å². The molecular formula is C21H16BNO2. The Kier molecular flexibility index (Phi) is 3.32. The van der Waals surface area contributed by atoms with Crippen LogP contribution in [-0.2, 0) is 5.41 Å². The first-order valence-electron chi connectivity index (χ1n) is 8.18. The molecule has 4 rings (SSSR count). The Bertz CT molecular complexity index is 1020. The highest BCUT2D eigenvalue weighted by molar-refractivity contribution is 6.35. The molecule has 0 aromatic heterocycles. The van der Waals surface area contributed by atoms with E-state index in [1.165, 1.54) is 28.3 Å². The molecule has 3 aromatic rings. The van der Waals surface area contributed by atoms with Crippen LogP contribution in [0.1, 0.15) is 25.0 Å². The fourth-order valence-electron chi connectivity index (χ4n) is 3.78. The van der Waals surface area contributed by atoms with Gasteiger partial charge in [0, 0.05) is 11.5 Å². The third-order valence-corrected chi connectivity index (χ3v) is 5.14. The fourth-order valence-corrected chi connectivity index (χ4v) is 3.78. The zero-order valence-corrected chi connectivity index (χ0v) is 14.1. The lowest BCUT2D eigenvalue weighted by atomic mass is 9.81. The standard InChI is InChI=1S/C21H16BNO2/c1-21(2)17-6-4-3-5-15(17)16-9-7-13(11-18(16)21)14-8-10-20(23(24)25)19(22)12-14/h3-12H,1-2H3. The van der Waals surface area contributed by atoms with Crippen molar-refractivity contribution in [3.8, 4) is 22.3 Å². The summed E-state index contributed by atoms with van der Waals surface area (Å²) in [4.78, 5) is 10.5. The molecular weight excluding hydrogens is 309 g/mol. The summed E-state index contributed by atoms with van der Waals surface area (Å²) in [6.07, 6.45) is 0. The number of benzene rings is 3. The lowest BCUT2D eigenvalue weighted by molar-refractivity contribution is -0.383. The van der Waals surface area contributed by atoms with E-state index in [4.69, 9.17) is 7.85 Å². The highest BCUT2D eigenvalue weighted by atomic mass is 16.6. The predicted octanol–water partition coefficient (Wildman–Crippen LogP) is 4.36. The molecule has 1 aliphatic carbocycles. The minimum absolute atomic E-state index is 0.0577. The second-order valence-corrected chi connectivity index (χ2v) is 6.96. The highest BCUT2D eigenvalue weighted by Crippen LogP contribution is 2.49. The van der Waals surface area contributed by atoms with E-state index >= 15 is 0 Å². The molecule has 1 aliphatic rings. The zero-order chi connectivity index (χ0) is 17.8. The molecule has 2 radical (unpaired) electrons. The van der Waals surface area contributed by atoms with Crippen molar-refractivity contribution < 1.29 is 4.92 Å². The first-order valence-corrected chi connectivity index (χ1v) is 8.18. The van der Waals surface area contributed by atoms with E-state index in [1.807, 2.05) is 0 Å². The maximum Gasteiger partial charge on any atom is 0.262 e. The van der Waals surface area contributed by atoms with E-state index < -0.39 is 4.92 Å². The molecule has 0 saturated carbocycles. The number of hydrogen-bond donors (Lipinski definition) is 0. The SMILES string of the molecule is [B]c1cc(-c2ccc3c(c2)C(C)(C)c2ccccc2-3)ccc1[N+](=O)[O-]. The van der Waals surface area contributed by atoms with Crippen LogP contribution < -0.4 is 5.46 Å². The van der Waals surface area contributed by atoms with E-state index in [0.717, 1.165) is 11.1 Å².